The van der Waals surface area contributed by atoms with Crippen LogP contribution < -0.4 is 5.32 Å². The third kappa shape index (κ3) is 8.04. The number of rotatable bonds is 4. The highest BCUT2D eigenvalue weighted by Crippen LogP contribution is 2.33. The predicted octanol–water partition coefficient (Wildman–Crippen LogP) is 5.95. The summed E-state index contributed by atoms with van der Waals surface area (Å²) in [7, 11) is 0. The topological polar surface area (TPSA) is 54.5 Å². The van der Waals surface area contributed by atoms with E-state index in [0.29, 0.717) is 43.2 Å². The second-order valence-corrected chi connectivity index (χ2v) is 9.01. The molecule has 0 spiro atoms. The maximum Gasteiger partial charge on any atom is 0.416 e. The molecule has 3 aliphatic rings. The molecular formula is C27H42F3N3O2. The van der Waals surface area contributed by atoms with Crippen LogP contribution in [0.5, 0.6) is 0 Å². The second-order valence-electron chi connectivity index (χ2n) is 9.01. The fourth-order valence-electron chi connectivity index (χ4n) is 4.93. The van der Waals surface area contributed by atoms with Gasteiger partial charge in [0.1, 0.15) is 0 Å². The Morgan fingerprint density at radius 3 is 2.54 bits per heavy atom. The van der Waals surface area contributed by atoms with Crippen molar-refractivity contribution < 1.29 is 22.7 Å². The molecule has 35 heavy (non-hydrogen) atoms. The highest BCUT2D eigenvalue weighted by Gasteiger charge is 2.35. The zero-order valence-corrected chi connectivity index (χ0v) is 21.8. The number of ether oxygens (including phenoxy) is 1. The lowest BCUT2D eigenvalue weighted by molar-refractivity contribution is -0.137. The Kier molecular flexibility index (Phi) is 11.7. The number of pyridine rings is 1. The van der Waals surface area contributed by atoms with Gasteiger partial charge in [0.2, 0.25) is 5.91 Å². The maximum absolute atomic E-state index is 13.0. The van der Waals surface area contributed by atoms with E-state index in [-0.39, 0.29) is 11.8 Å². The highest BCUT2D eigenvalue weighted by molar-refractivity contribution is 5.80. The first-order valence-electron chi connectivity index (χ1n) is 13.2. The number of halogens is 3. The molecule has 1 aromatic rings. The van der Waals surface area contributed by atoms with E-state index in [1.54, 1.807) is 0 Å². The summed E-state index contributed by atoms with van der Waals surface area (Å²) in [6, 6.07) is 2.89. The van der Waals surface area contributed by atoms with Crippen LogP contribution in [0, 0.1) is 11.8 Å². The van der Waals surface area contributed by atoms with Crippen LogP contribution in [0.3, 0.4) is 0 Å². The Morgan fingerprint density at radius 1 is 1.17 bits per heavy atom. The molecule has 0 bridgehead atoms. The quantitative estimate of drug-likeness (QED) is 0.558. The molecule has 0 aromatic carbocycles. The lowest BCUT2D eigenvalue weighted by atomic mass is 9.96. The molecule has 2 fully saturated rings. The molecule has 3 unspecified atom stereocenters. The lowest BCUT2D eigenvalue weighted by Gasteiger charge is -2.32. The van der Waals surface area contributed by atoms with Crippen LogP contribution in [0.25, 0.3) is 5.57 Å². The number of hydrogen-bond acceptors (Lipinski definition) is 4. The number of nitrogens with one attached hydrogen (secondary N) is 1. The van der Waals surface area contributed by atoms with Crippen molar-refractivity contribution in [3.8, 4) is 0 Å². The van der Waals surface area contributed by atoms with Gasteiger partial charge in [0.15, 0.2) is 0 Å². The first-order chi connectivity index (χ1) is 16.8. The van der Waals surface area contributed by atoms with E-state index < -0.39 is 11.7 Å². The van der Waals surface area contributed by atoms with Gasteiger partial charge in [-0.15, -0.1) is 0 Å². The highest BCUT2D eigenvalue weighted by atomic mass is 19.4. The number of carbonyl (C=O) groups excluding carboxylic acids is 1. The maximum atomic E-state index is 13.0. The van der Waals surface area contributed by atoms with E-state index in [1.807, 2.05) is 38.7 Å². The van der Waals surface area contributed by atoms with Crippen molar-refractivity contribution in [2.45, 2.75) is 85.0 Å². The van der Waals surface area contributed by atoms with Crippen molar-refractivity contribution in [2.75, 3.05) is 26.3 Å². The number of hydrogen-bond donors (Lipinski definition) is 1. The average Bonchev–Trinajstić information content (AvgIpc) is 3.36. The summed E-state index contributed by atoms with van der Waals surface area (Å²) in [5.41, 5.74) is 0.424. The summed E-state index contributed by atoms with van der Waals surface area (Å²) < 4.78 is 44.4. The van der Waals surface area contributed by atoms with Crippen molar-refractivity contribution in [1.82, 2.24) is 15.2 Å². The van der Waals surface area contributed by atoms with Crippen LogP contribution >= 0.6 is 0 Å². The van der Waals surface area contributed by atoms with E-state index in [0.717, 1.165) is 56.6 Å². The van der Waals surface area contributed by atoms with Crippen LogP contribution in [-0.4, -0.2) is 54.2 Å². The summed E-state index contributed by atoms with van der Waals surface area (Å²) in [6.45, 7) is 12.7. The van der Waals surface area contributed by atoms with Gasteiger partial charge in [-0.1, -0.05) is 40.7 Å². The molecule has 1 N–H and O–H groups in total. The van der Waals surface area contributed by atoms with Gasteiger partial charge >= 0.3 is 6.18 Å². The first-order valence-corrected chi connectivity index (χ1v) is 13.2. The molecule has 8 heteroatoms. The van der Waals surface area contributed by atoms with Crippen molar-refractivity contribution >= 4 is 11.5 Å². The third-order valence-electron chi connectivity index (χ3n) is 6.81. The molecular weight excluding hydrogens is 455 g/mol. The molecule has 2 aliphatic heterocycles. The second kappa shape index (κ2) is 14.0. The number of nitrogens with zero attached hydrogens (tertiary/aromatic N) is 2. The van der Waals surface area contributed by atoms with Gasteiger partial charge < -0.3 is 15.0 Å². The minimum Gasteiger partial charge on any atom is -0.381 e. The SMILES string of the molecule is CC.CC.CC1COCCC1N[C@@H]1CCC(C(=O)N2CC=C(c3cc(C(F)(F)F)ccn3)CC2)C1. The summed E-state index contributed by atoms with van der Waals surface area (Å²) in [5.74, 6) is 0.671. The van der Waals surface area contributed by atoms with Crippen LogP contribution in [-0.2, 0) is 15.7 Å². The third-order valence-corrected chi connectivity index (χ3v) is 6.81. The van der Waals surface area contributed by atoms with E-state index in [1.165, 1.54) is 6.20 Å². The summed E-state index contributed by atoms with van der Waals surface area (Å²) >= 11 is 0. The Hall–Kier alpha value is -1.93. The van der Waals surface area contributed by atoms with Crippen molar-refractivity contribution in [2.24, 2.45) is 11.8 Å². The normalized spacial score (nSPS) is 26.6. The molecule has 1 aromatic heterocycles. The van der Waals surface area contributed by atoms with Crippen LogP contribution in [0.15, 0.2) is 24.4 Å². The molecule has 1 saturated heterocycles. The monoisotopic (exact) mass is 497 g/mol. The van der Waals surface area contributed by atoms with Crippen molar-refractivity contribution in [3.05, 3.63) is 35.7 Å². The molecule has 5 nitrogen and oxygen atoms in total. The number of aromatic nitrogens is 1. The van der Waals surface area contributed by atoms with E-state index in [4.69, 9.17) is 4.74 Å². The number of carbonyl (C=O) groups is 1. The van der Waals surface area contributed by atoms with E-state index >= 15 is 0 Å². The zero-order valence-electron chi connectivity index (χ0n) is 21.8. The molecule has 4 rings (SSSR count). The van der Waals surface area contributed by atoms with Crippen molar-refractivity contribution in [3.63, 3.8) is 0 Å². The fourth-order valence-corrected chi connectivity index (χ4v) is 4.93. The van der Waals surface area contributed by atoms with Gasteiger partial charge in [-0.05, 0) is 55.7 Å². The van der Waals surface area contributed by atoms with Gasteiger partial charge in [-0.3, -0.25) is 9.78 Å². The lowest BCUT2D eigenvalue weighted by Crippen LogP contribution is -2.46. The minimum absolute atomic E-state index is 0.0225. The molecule has 1 aliphatic carbocycles. The largest absolute Gasteiger partial charge is 0.416 e. The number of alkyl halides is 3. The molecule has 1 saturated carbocycles. The summed E-state index contributed by atoms with van der Waals surface area (Å²) in [5, 5.41) is 3.74. The zero-order chi connectivity index (χ0) is 26.0. The average molecular weight is 498 g/mol. The molecule has 1 amide bonds. The van der Waals surface area contributed by atoms with Crippen molar-refractivity contribution in [1.29, 1.82) is 0 Å². The Bertz CT molecular complexity index is 828. The standard InChI is InChI=1S/C23H30F3N3O2.2C2H6/c1-15-14-31-11-7-20(15)28-19-3-2-17(12-19)22(30)29-9-5-16(6-10-29)21-13-18(4-8-27-21)23(24,25)26;2*1-2/h4-5,8,13,15,17,19-20,28H,2-3,6-7,9-12,14H2,1H3;2*1-2H3/t15?,17?,19-,20?;;/m1../s1. The van der Waals surface area contributed by atoms with Crippen LogP contribution in [0.2, 0.25) is 0 Å². The Labute approximate surface area is 208 Å². The van der Waals surface area contributed by atoms with E-state index in [9.17, 15) is 18.0 Å². The molecule has 3 heterocycles. The number of amides is 1. The fraction of sp³-hybridized carbons (Fsp3) is 0.704. The smallest absolute Gasteiger partial charge is 0.381 e. The van der Waals surface area contributed by atoms with Gasteiger partial charge in [0, 0.05) is 43.9 Å². The van der Waals surface area contributed by atoms with Gasteiger partial charge in [0.05, 0.1) is 17.9 Å². The molecule has 198 valence electrons. The Morgan fingerprint density at radius 2 is 1.91 bits per heavy atom. The molecule has 4 atom stereocenters. The van der Waals surface area contributed by atoms with Gasteiger partial charge in [0.25, 0.3) is 0 Å². The van der Waals surface area contributed by atoms with Gasteiger partial charge in [-0.2, -0.15) is 13.2 Å². The minimum atomic E-state index is -4.38. The van der Waals surface area contributed by atoms with Gasteiger partial charge in [-0.25, -0.2) is 0 Å². The predicted molar refractivity (Wildman–Crippen MR) is 134 cm³/mol. The van der Waals surface area contributed by atoms with Crippen LogP contribution in [0.4, 0.5) is 13.2 Å². The van der Waals surface area contributed by atoms with Crippen LogP contribution in [0.1, 0.15) is 78.0 Å². The Balaban J connectivity index is 0.00000103. The summed E-state index contributed by atoms with van der Waals surface area (Å²) in [6.07, 6.45) is 2.93. The molecule has 0 radical (unpaired) electrons. The first kappa shape index (κ1) is 29.3. The summed E-state index contributed by atoms with van der Waals surface area (Å²) in [4.78, 5) is 19.0. The van der Waals surface area contributed by atoms with E-state index in [2.05, 4.69) is 17.2 Å².